The molecule has 1 aliphatic heterocycles. The molecule has 2 heteroatoms. The van der Waals surface area contributed by atoms with E-state index >= 15 is 0 Å². The zero-order valence-corrected chi connectivity index (χ0v) is 12.2. The van der Waals surface area contributed by atoms with Gasteiger partial charge in [0.25, 0.3) is 0 Å². The number of fused-ring (bicyclic) bond motifs is 2. The average molecular weight is 272 g/mol. The summed E-state index contributed by atoms with van der Waals surface area (Å²) < 4.78 is 12.0. The third kappa shape index (κ3) is 1.92. The van der Waals surface area contributed by atoms with E-state index in [9.17, 15) is 4.21 Å². The van der Waals surface area contributed by atoms with Crippen molar-refractivity contribution >= 4 is 16.4 Å². The minimum atomic E-state index is -0.656. The van der Waals surface area contributed by atoms with E-state index < -0.39 is 10.8 Å². The Bertz CT molecular complexity index is 598. The van der Waals surface area contributed by atoms with Gasteiger partial charge in [0.15, 0.2) is 0 Å². The molecule has 0 spiro atoms. The summed E-state index contributed by atoms with van der Waals surface area (Å²) in [6.45, 7) is 0. The van der Waals surface area contributed by atoms with Gasteiger partial charge in [0.05, 0.1) is 0 Å². The molecule has 0 saturated heterocycles. The molecule has 2 aliphatic carbocycles. The number of allylic oxidation sites excluding steroid dienone is 2. The first-order chi connectivity index (χ1) is 9.33. The van der Waals surface area contributed by atoms with Gasteiger partial charge >= 0.3 is 0 Å². The molecule has 0 amide bonds. The van der Waals surface area contributed by atoms with Crippen molar-refractivity contribution in [3.63, 3.8) is 0 Å². The molecular weight excluding hydrogens is 252 g/mol. The van der Waals surface area contributed by atoms with Crippen molar-refractivity contribution < 1.29 is 4.21 Å². The Balaban J connectivity index is 1.93. The number of hydrogen-bond acceptors (Lipinski definition) is 1. The van der Waals surface area contributed by atoms with E-state index in [1.165, 1.54) is 61.6 Å². The first-order valence-corrected chi connectivity index (χ1v) is 9.02. The molecule has 0 bridgehead atoms. The highest BCUT2D eigenvalue weighted by Crippen LogP contribution is 2.41. The topological polar surface area (TPSA) is 17.1 Å². The summed E-state index contributed by atoms with van der Waals surface area (Å²) in [7, 11) is -0.656. The van der Waals surface area contributed by atoms with Gasteiger partial charge in [-0.25, -0.2) is 0 Å². The lowest BCUT2D eigenvalue weighted by Gasteiger charge is -2.20. The standard InChI is InChI=1S/C17H20OS/c18-19-10-14-9-13-7-4-8-15(13)17(16(14)11-19)12-5-2-1-3-6-12/h5,9H,1-4,6-8,10-11H2. The summed E-state index contributed by atoms with van der Waals surface area (Å²) in [5.41, 5.74) is 9.09. The first kappa shape index (κ1) is 11.9. The summed E-state index contributed by atoms with van der Waals surface area (Å²) >= 11 is 0. The molecule has 1 aromatic rings. The van der Waals surface area contributed by atoms with Crippen molar-refractivity contribution in [2.45, 2.75) is 56.5 Å². The number of rotatable bonds is 1. The zero-order valence-electron chi connectivity index (χ0n) is 11.3. The third-order valence-corrected chi connectivity index (χ3v) is 6.08. The summed E-state index contributed by atoms with van der Waals surface area (Å²) in [5, 5.41) is 0. The van der Waals surface area contributed by atoms with Crippen LogP contribution >= 0.6 is 0 Å². The van der Waals surface area contributed by atoms with Gasteiger partial charge in [-0.2, -0.15) is 0 Å². The van der Waals surface area contributed by atoms with Gasteiger partial charge in [0, 0.05) is 22.3 Å². The maximum atomic E-state index is 12.0. The van der Waals surface area contributed by atoms with Crippen LogP contribution < -0.4 is 0 Å². The van der Waals surface area contributed by atoms with Crippen LogP contribution in [0.3, 0.4) is 0 Å². The van der Waals surface area contributed by atoms with Crippen LogP contribution in [0.25, 0.3) is 5.57 Å². The van der Waals surface area contributed by atoms with Crippen LogP contribution in [0.4, 0.5) is 0 Å². The molecule has 4 rings (SSSR count). The molecule has 0 aromatic heterocycles. The van der Waals surface area contributed by atoms with Gasteiger partial charge in [-0.3, -0.25) is 4.21 Å². The molecule has 0 N–H and O–H groups in total. The second-order valence-corrected chi connectivity index (χ2v) is 7.54. The molecule has 1 unspecified atom stereocenters. The van der Waals surface area contributed by atoms with Crippen LogP contribution in [0.5, 0.6) is 0 Å². The molecule has 0 saturated carbocycles. The van der Waals surface area contributed by atoms with Crippen molar-refractivity contribution in [3.05, 3.63) is 40.0 Å². The quantitative estimate of drug-likeness (QED) is 0.758. The minimum absolute atomic E-state index is 0.656. The molecule has 100 valence electrons. The largest absolute Gasteiger partial charge is 0.259 e. The Hall–Kier alpha value is -0.890. The van der Waals surface area contributed by atoms with E-state index in [2.05, 4.69) is 12.1 Å². The SMILES string of the molecule is O=S1Cc2cc3c(c(C4=CCCCC4)c2C1)CCC3. The molecule has 1 aromatic carbocycles. The summed E-state index contributed by atoms with van der Waals surface area (Å²) in [6, 6.07) is 2.37. The second-order valence-electron chi connectivity index (χ2n) is 6.08. The van der Waals surface area contributed by atoms with E-state index in [0.717, 1.165) is 11.5 Å². The van der Waals surface area contributed by atoms with Crippen molar-refractivity contribution in [2.75, 3.05) is 0 Å². The van der Waals surface area contributed by atoms with E-state index in [1.54, 1.807) is 16.7 Å². The smallest absolute Gasteiger partial charge is 0.0498 e. The predicted octanol–water partition coefficient (Wildman–Crippen LogP) is 3.90. The summed E-state index contributed by atoms with van der Waals surface area (Å²) in [6.07, 6.45) is 11.4. The van der Waals surface area contributed by atoms with Gasteiger partial charge in [-0.15, -0.1) is 0 Å². The Morgan fingerprint density at radius 2 is 1.84 bits per heavy atom. The van der Waals surface area contributed by atoms with Crippen LogP contribution in [0.15, 0.2) is 12.1 Å². The third-order valence-electron chi connectivity index (χ3n) is 4.83. The molecule has 3 aliphatic rings. The predicted molar refractivity (Wildman–Crippen MR) is 80.5 cm³/mol. The number of aryl methyl sites for hydroxylation is 1. The first-order valence-electron chi connectivity index (χ1n) is 7.54. The average Bonchev–Trinajstić information content (AvgIpc) is 3.01. The Morgan fingerprint density at radius 1 is 0.895 bits per heavy atom. The van der Waals surface area contributed by atoms with E-state index in [1.807, 2.05) is 0 Å². The molecular formula is C17H20OS. The Kier molecular flexibility index (Phi) is 2.87. The molecule has 1 atom stereocenters. The van der Waals surface area contributed by atoms with Crippen LogP contribution in [-0.2, 0) is 35.1 Å². The van der Waals surface area contributed by atoms with Gasteiger partial charge in [0.2, 0.25) is 0 Å². The van der Waals surface area contributed by atoms with E-state index in [4.69, 9.17) is 0 Å². The highest BCUT2D eigenvalue weighted by atomic mass is 32.2. The van der Waals surface area contributed by atoms with Crippen molar-refractivity contribution in [2.24, 2.45) is 0 Å². The fourth-order valence-corrected chi connectivity index (χ4v) is 5.34. The maximum absolute atomic E-state index is 12.0. The van der Waals surface area contributed by atoms with Gasteiger partial charge in [0.1, 0.15) is 0 Å². The monoisotopic (exact) mass is 272 g/mol. The van der Waals surface area contributed by atoms with Crippen molar-refractivity contribution in [1.82, 2.24) is 0 Å². The minimum Gasteiger partial charge on any atom is -0.259 e. The van der Waals surface area contributed by atoms with Gasteiger partial charge < -0.3 is 0 Å². The normalized spacial score (nSPS) is 25.1. The van der Waals surface area contributed by atoms with E-state index in [-0.39, 0.29) is 0 Å². The molecule has 1 nitrogen and oxygen atoms in total. The van der Waals surface area contributed by atoms with E-state index in [0.29, 0.717) is 0 Å². The highest BCUT2D eigenvalue weighted by Gasteiger charge is 2.28. The summed E-state index contributed by atoms with van der Waals surface area (Å²) in [5.74, 6) is 1.60. The van der Waals surface area contributed by atoms with Crippen molar-refractivity contribution in [3.8, 4) is 0 Å². The van der Waals surface area contributed by atoms with Gasteiger partial charge in [-0.1, -0.05) is 12.1 Å². The lowest BCUT2D eigenvalue weighted by molar-refractivity contribution is 0.684. The molecule has 1 heterocycles. The van der Waals surface area contributed by atoms with Crippen LogP contribution in [0.2, 0.25) is 0 Å². The Labute approximate surface area is 117 Å². The van der Waals surface area contributed by atoms with Crippen molar-refractivity contribution in [1.29, 1.82) is 0 Å². The lowest BCUT2D eigenvalue weighted by atomic mass is 9.85. The zero-order chi connectivity index (χ0) is 12.8. The highest BCUT2D eigenvalue weighted by molar-refractivity contribution is 7.83. The van der Waals surface area contributed by atoms with Crippen LogP contribution in [-0.4, -0.2) is 4.21 Å². The lowest BCUT2D eigenvalue weighted by Crippen LogP contribution is -2.03. The Morgan fingerprint density at radius 3 is 2.68 bits per heavy atom. The number of benzene rings is 1. The molecule has 0 radical (unpaired) electrons. The summed E-state index contributed by atoms with van der Waals surface area (Å²) in [4.78, 5) is 0. The maximum Gasteiger partial charge on any atom is 0.0498 e. The second kappa shape index (κ2) is 4.59. The van der Waals surface area contributed by atoms with Crippen LogP contribution in [0.1, 0.15) is 59.9 Å². The van der Waals surface area contributed by atoms with Crippen LogP contribution in [0, 0.1) is 0 Å². The number of hydrogen-bond donors (Lipinski definition) is 0. The molecule has 0 fully saturated rings. The fourth-order valence-electron chi connectivity index (χ4n) is 3.98. The fraction of sp³-hybridized carbons (Fsp3) is 0.529. The van der Waals surface area contributed by atoms with Gasteiger partial charge in [-0.05, 0) is 78.3 Å². The molecule has 19 heavy (non-hydrogen) atoms.